The van der Waals surface area contributed by atoms with Gasteiger partial charge in [0.25, 0.3) is 0 Å². The van der Waals surface area contributed by atoms with Gasteiger partial charge in [-0.2, -0.15) is 0 Å². The first-order chi connectivity index (χ1) is 0. The van der Waals surface area contributed by atoms with Crippen LogP contribution in [0.2, 0.25) is 0 Å². The smallest absolute Gasteiger partial charge is 2.00 e. The van der Waals surface area contributed by atoms with Crippen LogP contribution >= 0.6 is 0 Å². The SMILES string of the molecule is [Mn+2].[Mn+2].[Mn+2].[Mn+2].[S-2].[S-2].[S-2].[S-2]. The second kappa shape index (κ2) is 77.8. The van der Waals surface area contributed by atoms with E-state index in [1.807, 2.05) is 0 Å². The normalized spacial score (nSPS) is 0. The zero-order valence-electron chi connectivity index (χ0n) is 3.14. The second-order valence-electron chi connectivity index (χ2n) is 0. The maximum Gasteiger partial charge on any atom is 2.00 e. The molecule has 0 unspecified atom stereocenters. The Balaban J connectivity index is 0. The van der Waals surface area contributed by atoms with Gasteiger partial charge >= 0.3 is 68.3 Å². The van der Waals surface area contributed by atoms with Crippen LogP contribution in [-0.4, -0.2) is 0 Å². The Kier molecular flexibility index (Phi) is 1010. The third-order valence-corrected chi connectivity index (χ3v) is 0. The molecule has 4 radical (unpaired) electrons. The molecule has 0 fully saturated rings. The van der Waals surface area contributed by atoms with E-state index < -0.39 is 0 Å². The molecule has 0 nitrogen and oxygen atoms in total. The molecule has 0 heterocycles. The number of rotatable bonds is 0. The molecule has 8 heteroatoms. The fourth-order valence-corrected chi connectivity index (χ4v) is 0. The minimum atomic E-state index is 0. The largest absolute Gasteiger partial charge is 2.00 e. The fraction of sp³-hybridized carbons (Fsp3) is 0. The first kappa shape index (κ1) is 104. The summed E-state index contributed by atoms with van der Waals surface area (Å²) in [5.74, 6) is 0. The molecule has 0 aromatic rings. The van der Waals surface area contributed by atoms with E-state index in [0.717, 1.165) is 0 Å². The molecule has 0 aliphatic heterocycles. The molecule has 0 rings (SSSR count). The van der Waals surface area contributed by atoms with Crippen molar-refractivity contribution in [1.82, 2.24) is 0 Å². The minimum Gasteiger partial charge on any atom is -2.00 e. The van der Waals surface area contributed by atoms with Gasteiger partial charge in [-0.15, -0.1) is 0 Å². The van der Waals surface area contributed by atoms with Gasteiger partial charge in [0.05, 0.1) is 0 Å². The van der Waals surface area contributed by atoms with Crippen LogP contribution in [0.4, 0.5) is 0 Å². The topological polar surface area (TPSA) is 0 Å². The maximum atomic E-state index is 0. The third kappa shape index (κ3) is 56.3. The molecule has 0 aliphatic rings. The summed E-state index contributed by atoms with van der Waals surface area (Å²) in [5, 5.41) is 0. The van der Waals surface area contributed by atoms with Crippen molar-refractivity contribution >= 4 is 54.0 Å². The summed E-state index contributed by atoms with van der Waals surface area (Å²) in [4.78, 5) is 0. The van der Waals surface area contributed by atoms with E-state index in [9.17, 15) is 0 Å². The van der Waals surface area contributed by atoms with E-state index >= 15 is 0 Å². The molecular weight excluding hydrogens is 348 g/mol. The van der Waals surface area contributed by atoms with Crippen molar-refractivity contribution in [3.05, 3.63) is 0 Å². The first-order valence-electron chi connectivity index (χ1n) is 0. The van der Waals surface area contributed by atoms with E-state index in [0.29, 0.717) is 0 Å². The number of hydrogen-bond donors (Lipinski definition) is 0. The van der Waals surface area contributed by atoms with E-state index in [1.165, 1.54) is 0 Å². The van der Waals surface area contributed by atoms with Gasteiger partial charge in [0.15, 0.2) is 0 Å². The Labute approximate surface area is 121 Å². The molecule has 0 spiro atoms. The van der Waals surface area contributed by atoms with Crippen LogP contribution in [0.1, 0.15) is 0 Å². The van der Waals surface area contributed by atoms with Crippen LogP contribution in [-0.2, 0) is 122 Å². The fourth-order valence-electron chi connectivity index (χ4n) is 0. The summed E-state index contributed by atoms with van der Waals surface area (Å²) in [6.07, 6.45) is 0. The Morgan fingerprint density at radius 2 is 0.250 bits per heavy atom. The minimum absolute atomic E-state index is 0. The van der Waals surface area contributed by atoms with Gasteiger partial charge in [0.2, 0.25) is 0 Å². The van der Waals surface area contributed by atoms with Gasteiger partial charge in [-0.25, -0.2) is 0 Å². The zero-order chi connectivity index (χ0) is 0. The molecule has 8 heavy (non-hydrogen) atoms. The van der Waals surface area contributed by atoms with Gasteiger partial charge in [0, 0.05) is 0 Å². The molecule has 0 amide bonds. The predicted molar refractivity (Wildman–Crippen MR) is 29.5 cm³/mol. The van der Waals surface area contributed by atoms with Crippen molar-refractivity contribution < 1.29 is 68.3 Å². The van der Waals surface area contributed by atoms with Crippen molar-refractivity contribution in [3.63, 3.8) is 0 Å². The Hall–Kier alpha value is 3.48. The van der Waals surface area contributed by atoms with Gasteiger partial charge in [-0.05, 0) is 0 Å². The van der Waals surface area contributed by atoms with Crippen LogP contribution < -0.4 is 0 Å². The Morgan fingerprint density at radius 1 is 0.250 bits per heavy atom. The average molecular weight is 348 g/mol. The molecule has 0 saturated heterocycles. The van der Waals surface area contributed by atoms with Crippen LogP contribution in [0, 0.1) is 0 Å². The third-order valence-electron chi connectivity index (χ3n) is 0. The summed E-state index contributed by atoms with van der Waals surface area (Å²) in [6, 6.07) is 0. The van der Waals surface area contributed by atoms with Crippen molar-refractivity contribution in [3.8, 4) is 0 Å². The van der Waals surface area contributed by atoms with Crippen LogP contribution in [0.25, 0.3) is 0 Å². The van der Waals surface area contributed by atoms with Crippen LogP contribution in [0.5, 0.6) is 0 Å². The first-order valence-corrected chi connectivity index (χ1v) is 0. The van der Waals surface area contributed by atoms with Crippen LogP contribution in [0.3, 0.4) is 0 Å². The van der Waals surface area contributed by atoms with Crippen molar-refractivity contribution in [2.45, 2.75) is 0 Å². The van der Waals surface area contributed by atoms with Crippen molar-refractivity contribution in [1.29, 1.82) is 0 Å². The van der Waals surface area contributed by atoms with Gasteiger partial charge < -0.3 is 54.0 Å². The van der Waals surface area contributed by atoms with Gasteiger partial charge in [0.1, 0.15) is 0 Å². The summed E-state index contributed by atoms with van der Waals surface area (Å²) in [6.45, 7) is 0. The zero-order valence-corrected chi connectivity index (χ0v) is 11.1. The van der Waals surface area contributed by atoms with E-state index in [-0.39, 0.29) is 122 Å². The molecular formula is Mn4S4. The average Bonchev–Trinajstić information content (AvgIpc) is 0. The molecule has 0 aromatic heterocycles. The monoisotopic (exact) mass is 348 g/mol. The second-order valence-corrected chi connectivity index (χ2v) is 0. The summed E-state index contributed by atoms with van der Waals surface area (Å²) < 4.78 is 0. The van der Waals surface area contributed by atoms with Crippen molar-refractivity contribution in [2.75, 3.05) is 0 Å². The van der Waals surface area contributed by atoms with E-state index in [1.54, 1.807) is 0 Å². The van der Waals surface area contributed by atoms with Crippen LogP contribution in [0.15, 0.2) is 0 Å². The van der Waals surface area contributed by atoms with E-state index in [2.05, 4.69) is 0 Å². The quantitative estimate of drug-likeness (QED) is 0.540. The van der Waals surface area contributed by atoms with Gasteiger partial charge in [-0.1, -0.05) is 0 Å². The summed E-state index contributed by atoms with van der Waals surface area (Å²) in [7, 11) is 0. The molecule has 0 N–H and O–H groups in total. The Morgan fingerprint density at radius 3 is 0.250 bits per heavy atom. The number of hydrogen-bond acceptors (Lipinski definition) is 0. The maximum absolute atomic E-state index is 0. The van der Waals surface area contributed by atoms with Crippen molar-refractivity contribution in [2.24, 2.45) is 0 Å². The van der Waals surface area contributed by atoms with Gasteiger partial charge in [-0.3, -0.25) is 0 Å². The standard InChI is InChI=1S/4Mn.4S/q4*+2;4*-2. The molecule has 0 aromatic carbocycles. The predicted octanol–water partition coefficient (Wildman–Crippen LogP) is -0.0196. The summed E-state index contributed by atoms with van der Waals surface area (Å²) in [5.41, 5.74) is 0. The summed E-state index contributed by atoms with van der Waals surface area (Å²) >= 11 is 0. The molecule has 0 aliphatic carbocycles. The molecule has 52 valence electrons. The Bertz CT molecular complexity index is 8.00. The molecule has 0 saturated carbocycles. The van der Waals surface area contributed by atoms with E-state index in [4.69, 9.17) is 0 Å². The molecule has 0 bridgehead atoms. The molecule has 0 atom stereocenters.